The summed E-state index contributed by atoms with van der Waals surface area (Å²) in [6.07, 6.45) is 1.72. The second kappa shape index (κ2) is 8.33. The van der Waals surface area contributed by atoms with Crippen LogP contribution in [0, 0.1) is 6.92 Å². The Hall–Kier alpha value is -3.73. The molecular formula is C25H22O5. The third kappa shape index (κ3) is 3.74. The van der Waals surface area contributed by atoms with Crippen molar-refractivity contribution in [2.45, 2.75) is 13.5 Å². The van der Waals surface area contributed by atoms with E-state index in [2.05, 4.69) is 0 Å². The van der Waals surface area contributed by atoms with Crippen LogP contribution in [0.3, 0.4) is 0 Å². The number of allylic oxidation sites excluding steroid dienone is 1. The van der Waals surface area contributed by atoms with E-state index >= 15 is 0 Å². The highest BCUT2D eigenvalue weighted by Gasteiger charge is 2.30. The number of fused-ring (bicyclic) bond motifs is 1. The molecule has 4 rings (SSSR count). The molecule has 1 aliphatic rings. The Morgan fingerprint density at radius 3 is 2.57 bits per heavy atom. The number of ether oxygens (including phenoxy) is 4. The van der Waals surface area contributed by atoms with Crippen molar-refractivity contribution < 1.29 is 23.7 Å². The van der Waals surface area contributed by atoms with Gasteiger partial charge in [-0.2, -0.15) is 0 Å². The summed E-state index contributed by atoms with van der Waals surface area (Å²) in [5.74, 6) is 2.82. The maximum absolute atomic E-state index is 12.8. The van der Waals surface area contributed by atoms with Gasteiger partial charge >= 0.3 is 0 Å². The van der Waals surface area contributed by atoms with Gasteiger partial charge in [0.15, 0.2) is 5.76 Å². The summed E-state index contributed by atoms with van der Waals surface area (Å²) >= 11 is 0. The van der Waals surface area contributed by atoms with Crippen LogP contribution >= 0.6 is 0 Å². The summed E-state index contributed by atoms with van der Waals surface area (Å²) in [7, 11) is 3.24. The van der Waals surface area contributed by atoms with Crippen LogP contribution in [0.15, 0.2) is 66.4 Å². The molecule has 0 unspecified atom stereocenters. The van der Waals surface area contributed by atoms with E-state index < -0.39 is 0 Å². The van der Waals surface area contributed by atoms with E-state index in [0.717, 1.165) is 28.2 Å². The van der Waals surface area contributed by atoms with E-state index in [0.29, 0.717) is 23.7 Å². The van der Waals surface area contributed by atoms with Crippen molar-refractivity contribution >= 4 is 11.9 Å². The molecule has 0 aromatic heterocycles. The zero-order valence-corrected chi connectivity index (χ0v) is 17.1. The third-order valence-corrected chi connectivity index (χ3v) is 5.00. The van der Waals surface area contributed by atoms with Gasteiger partial charge < -0.3 is 18.9 Å². The van der Waals surface area contributed by atoms with Crippen molar-refractivity contribution in [3.05, 3.63) is 88.7 Å². The number of benzene rings is 3. The molecule has 152 valence electrons. The smallest absolute Gasteiger partial charge is 0.231 e. The van der Waals surface area contributed by atoms with Gasteiger partial charge in [0.05, 0.1) is 19.8 Å². The summed E-state index contributed by atoms with van der Waals surface area (Å²) in [5, 5.41) is 0. The number of hydrogen-bond acceptors (Lipinski definition) is 5. The van der Waals surface area contributed by atoms with Gasteiger partial charge in [-0.15, -0.1) is 0 Å². The molecule has 1 aliphatic heterocycles. The van der Waals surface area contributed by atoms with Crippen LogP contribution in [-0.2, 0) is 6.61 Å². The van der Waals surface area contributed by atoms with Gasteiger partial charge in [-0.1, -0.05) is 30.3 Å². The molecular weight excluding hydrogens is 380 g/mol. The van der Waals surface area contributed by atoms with Crippen LogP contribution in [0.25, 0.3) is 6.08 Å². The van der Waals surface area contributed by atoms with Crippen LogP contribution in [-0.4, -0.2) is 20.0 Å². The molecule has 30 heavy (non-hydrogen) atoms. The molecule has 0 atom stereocenters. The van der Waals surface area contributed by atoms with Gasteiger partial charge in [-0.25, -0.2) is 0 Å². The Morgan fingerprint density at radius 2 is 1.77 bits per heavy atom. The lowest BCUT2D eigenvalue weighted by Crippen LogP contribution is -2.00. The summed E-state index contributed by atoms with van der Waals surface area (Å²) in [6, 6.07) is 18.7. The normalized spacial score (nSPS) is 13.7. The van der Waals surface area contributed by atoms with Gasteiger partial charge in [0.25, 0.3) is 0 Å². The molecule has 3 aromatic rings. The number of carbonyl (C=O) groups excluding carboxylic acids is 1. The molecule has 0 aliphatic carbocycles. The number of Topliss-reactive ketones (excluding diaryl/α,β-unsaturated/α-hetero) is 1. The van der Waals surface area contributed by atoms with Gasteiger partial charge in [0, 0.05) is 11.1 Å². The van der Waals surface area contributed by atoms with Gasteiger partial charge in [0.1, 0.15) is 29.6 Å². The SMILES string of the molecule is COc1cccc(/C=C2\Oc3c(ccc(OCc4ccccc4OC)c3C)C2=O)c1. The first kappa shape index (κ1) is 19.6. The largest absolute Gasteiger partial charge is 0.497 e. The molecule has 3 aromatic carbocycles. The summed E-state index contributed by atoms with van der Waals surface area (Å²) < 4.78 is 22.5. The van der Waals surface area contributed by atoms with Crippen molar-refractivity contribution in [1.82, 2.24) is 0 Å². The van der Waals surface area contributed by atoms with Gasteiger partial charge in [-0.05, 0) is 48.9 Å². The number of carbonyl (C=O) groups is 1. The van der Waals surface area contributed by atoms with Crippen molar-refractivity contribution in [2.75, 3.05) is 14.2 Å². The second-order valence-electron chi connectivity index (χ2n) is 6.88. The Bertz CT molecular complexity index is 1130. The highest BCUT2D eigenvalue weighted by atomic mass is 16.5. The van der Waals surface area contributed by atoms with Gasteiger partial charge in [0.2, 0.25) is 5.78 Å². The standard InChI is InChI=1S/C25H22O5/c1-16-21(29-15-18-8-4-5-10-22(18)28-3)12-11-20-24(26)23(30-25(16)20)14-17-7-6-9-19(13-17)27-2/h4-14H,15H2,1-3H3/b23-14-. The molecule has 0 amide bonds. The lowest BCUT2D eigenvalue weighted by molar-refractivity contribution is 0.101. The van der Waals surface area contributed by atoms with Crippen molar-refractivity contribution in [2.24, 2.45) is 0 Å². The van der Waals surface area contributed by atoms with E-state index in [9.17, 15) is 4.79 Å². The molecule has 5 nitrogen and oxygen atoms in total. The number of para-hydroxylation sites is 1. The Balaban J connectivity index is 1.57. The predicted molar refractivity (Wildman–Crippen MR) is 114 cm³/mol. The molecule has 0 radical (unpaired) electrons. The minimum Gasteiger partial charge on any atom is -0.497 e. The molecule has 0 spiro atoms. The average molecular weight is 402 g/mol. The van der Waals surface area contributed by atoms with E-state index in [1.807, 2.05) is 55.5 Å². The van der Waals surface area contributed by atoms with Crippen LogP contribution < -0.4 is 18.9 Å². The Kier molecular flexibility index (Phi) is 5.44. The van der Waals surface area contributed by atoms with E-state index in [1.165, 1.54) is 0 Å². The number of ketones is 1. The topological polar surface area (TPSA) is 54.0 Å². The lowest BCUT2D eigenvalue weighted by atomic mass is 10.1. The van der Waals surface area contributed by atoms with Gasteiger partial charge in [-0.3, -0.25) is 4.79 Å². The van der Waals surface area contributed by atoms with Crippen LogP contribution in [0.4, 0.5) is 0 Å². The molecule has 0 N–H and O–H groups in total. The molecule has 0 bridgehead atoms. The maximum atomic E-state index is 12.8. The molecule has 1 heterocycles. The number of hydrogen-bond donors (Lipinski definition) is 0. The van der Waals surface area contributed by atoms with E-state index in [-0.39, 0.29) is 11.5 Å². The first-order valence-electron chi connectivity index (χ1n) is 9.57. The highest BCUT2D eigenvalue weighted by Crippen LogP contribution is 2.39. The first-order valence-corrected chi connectivity index (χ1v) is 9.57. The quantitative estimate of drug-likeness (QED) is 0.530. The van der Waals surface area contributed by atoms with E-state index in [4.69, 9.17) is 18.9 Å². The van der Waals surface area contributed by atoms with Crippen molar-refractivity contribution in [3.63, 3.8) is 0 Å². The van der Waals surface area contributed by atoms with E-state index in [1.54, 1.807) is 32.4 Å². The minimum absolute atomic E-state index is 0.146. The molecule has 0 saturated heterocycles. The number of rotatable bonds is 6. The highest BCUT2D eigenvalue weighted by molar-refractivity contribution is 6.15. The first-order chi connectivity index (χ1) is 14.6. The maximum Gasteiger partial charge on any atom is 0.231 e. The molecule has 0 fully saturated rings. The fourth-order valence-corrected chi connectivity index (χ4v) is 3.38. The zero-order valence-electron chi connectivity index (χ0n) is 17.1. The summed E-state index contributed by atoms with van der Waals surface area (Å²) in [6.45, 7) is 2.24. The summed E-state index contributed by atoms with van der Waals surface area (Å²) in [4.78, 5) is 12.8. The van der Waals surface area contributed by atoms with Crippen LogP contribution in [0.2, 0.25) is 0 Å². The molecule has 0 saturated carbocycles. The van der Waals surface area contributed by atoms with Crippen molar-refractivity contribution in [1.29, 1.82) is 0 Å². The van der Waals surface area contributed by atoms with Crippen molar-refractivity contribution in [3.8, 4) is 23.0 Å². The zero-order chi connectivity index (χ0) is 21.1. The summed E-state index contributed by atoms with van der Waals surface area (Å²) in [5.41, 5.74) is 3.09. The number of methoxy groups -OCH3 is 2. The van der Waals surface area contributed by atoms with Crippen LogP contribution in [0.5, 0.6) is 23.0 Å². The fraction of sp³-hybridized carbons (Fsp3) is 0.160. The monoisotopic (exact) mass is 402 g/mol. The fourth-order valence-electron chi connectivity index (χ4n) is 3.38. The lowest BCUT2D eigenvalue weighted by Gasteiger charge is -2.13. The predicted octanol–water partition coefficient (Wildman–Crippen LogP) is 5.21. The molecule has 5 heteroatoms. The Labute approximate surface area is 175 Å². The third-order valence-electron chi connectivity index (χ3n) is 5.00. The van der Waals surface area contributed by atoms with Crippen LogP contribution in [0.1, 0.15) is 27.0 Å². The Morgan fingerprint density at radius 1 is 0.933 bits per heavy atom. The minimum atomic E-state index is -0.146. The average Bonchev–Trinajstić information content (AvgIpc) is 3.09. The second-order valence-corrected chi connectivity index (χ2v) is 6.88.